The number of sulfonamides is 1. The number of thiazole rings is 1. The Hall–Kier alpha value is -2.82. The van der Waals surface area contributed by atoms with E-state index in [2.05, 4.69) is 9.97 Å². The van der Waals surface area contributed by atoms with E-state index in [1.54, 1.807) is 11.8 Å². The minimum atomic E-state index is -3.87. The maximum atomic E-state index is 13.1. The summed E-state index contributed by atoms with van der Waals surface area (Å²) in [4.78, 5) is 25.1. The monoisotopic (exact) mass is 443 g/mol. The summed E-state index contributed by atoms with van der Waals surface area (Å²) in [5.41, 5.74) is 3.86. The van der Waals surface area contributed by atoms with Crippen molar-refractivity contribution in [3.05, 3.63) is 53.9 Å². The van der Waals surface area contributed by atoms with E-state index in [1.165, 1.54) is 4.90 Å². The number of carbonyl (C=O) groups is 1. The highest BCUT2D eigenvalue weighted by molar-refractivity contribution is 7.91. The van der Waals surface area contributed by atoms with Gasteiger partial charge in [0.15, 0.2) is 9.34 Å². The second-order valence-electron chi connectivity index (χ2n) is 7.06. The van der Waals surface area contributed by atoms with Gasteiger partial charge in [0.2, 0.25) is 10.0 Å². The summed E-state index contributed by atoms with van der Waals surface area (Å²) in [6, 6.07) is 13.3. The quantitative estimate of drug-likeness (QED) is 0.665. The van der Waals surface area contributed by atoms with Crippen molar-refractivity contribution in [1.82, 2.24) is 9.97 Å². The molecule has 1 aromatic carbocycles. The van der Waals surface area contributed by atoms with Gasteiger partial charge in [0.1, 0.15) is 0 Å². The smallest absolute Gasteiger partial charge is 0.294 e. The van der Waals surface area contributed by atoms with Crippen LogP contribution in [-0.4, -0.2) is 37.5 Å². The van der Waals surface area contributed by atoms with Crippen LogP contribution in [0.25, 0.3) is 11.3 Å². The van der Waals surface area contributed by atoms with Crippen LogP contribution in [0.1, 0.15) is 17.8 Å². The van der Waals surface area contributed by atoms with Gasteiger partial charge in [0.25, 0.3) is 0 Å². The predicted molar refractivity (Wildman–Crippen MR) is 117 cm³/mol. The van der Waals surface area contributed by atoms with E-state index in [0.29, 0.717) is 23.9 Å². The fourth-order valence-electron chi connectivity index (χ4n) is 3.40. The summed E-state index contributed by atoms with van der Waals surface area (Å²) >= 11 is 0.921. The van der Waals surface area contributed by atoms with Crippen LogP contribution in [0.4, 0.5) is 15.6 Å². The lowest BCUT2D eigenvalue weighted by atomic mass is 10.1. The number of hydrogen-bond donors (Lipinski definition) is 1. The lowest BCUT2D eigenvalue weighted by molar-refractivity contribution is 0.248. The van der Waals surface area contributed by atoms with Crippen molar-refractivity contribution in [3.8, 4) is 11.3 Å². The summed E-state index contributed by atoms with van der Waals surface area (Å²) in [7, 11) is -3.87. The number of aryl methyl sites for hydroxylation is 2. The summed E-state index contributed by atoms with van der Waals surface area (Å²) < 4.78 is 23.4. The summed E-state index contributed by atoms with van der Waals surface area (Å²) in [5.74, 6) is 0. The van der Waals surface area contributed by atoms with Gasteiger partial charge in [-0.05, 0) is 44.5 Å². The van der Waals surface area contributed by atoms with Gasteiger partial charge in [-0.1, -0.05) is 29.5 Å². The first kappa shape index (κ1) is 20.5. The summed E-state index contributed by atoms with van der Waals surface area (Å²) in [6.45, 7) is 4.56. The highest BCUT2D eigenvalue weighted by Crippen LogP contribution is 2.32. The number of nitrogens with two attached hydrogens (primary N) is 1. The third-order valence-electron chi connectivity index (χ3n) is 4.82. The Kier molecular flexibility index (Phi) is 5.31. The zero-order valence-electron chi connectivity index (χ0n) is 16.6. The molecule has 10 heteroatoms. The number of rotatable bonds is 4. The SMILES string of the molecule is Cc1cccc(-c2ccc(N3CCCN(c4nc(C)c(S(N)(=O)=O)s4)C3=O)cc2)n1. The molecule has 156 valence electrons. The molecule has 0 unspecified atom stereocenters. The fourth-order valence-corrected chi connectivity index (χ4v) is 5.37. The Labute approximate surface area is 179 Å². The average molecular weight is 444 g/mol. The van der Waals surface area contributed by atoms with Gasteiger partial charge < -0.3 is 0 Å². The largest absolute Gasteiger partial charge is 0.330 e. The number of anilines is 2. The van der Waals surface area contributed by atoms with Crippen LogP contribution in [0.5, 0.6) is 0 Å². The number of hydrogen-bond acceptors (Lipinski definition) is 6. The van der Waals surface area contributed by atoms with E-state index in [-0.39, 0.29) is 10.2 Å². The number of aromatic nitrogens is 2. The van der Waals surface area contributed by atoms with Crippen molar-refractivity contribution >= 4 is 38.2 Å². The van der Waals surface area contributed by atoms with E-state index in [0.717, 1.165) is 40.4 Å². The summed E-state index contributed by atoms with van der Waals surface area (Å²) in [6.07, 6.45) is 0.732. The maximum Gasteiger partial charge on any atom is 0.330 e. The standard InChI is InChI=1S/C20H21N5O3S2/c1-13-5-3-6-17(22-13)15-7-9-16(10-8-15)24-11-4-12-25(20(24)26)19-23-14(2)18(29-19)30(21,27)28/h3,5-10H,4,11-12H2,1-2H3,(H2,21,27,28). The predicted octanol–water partition coefficient (Wildman–Crippen LogP) is 3.31. The fraction of sp³-hybridized carbons (Fsp3) is 0.250. The van der Waals surface area contributed by atoms with Crippen molar-refractivity contribution in [1.29, 1.82) is 0 Å². The van der Waals surface area contributed by atoms with Gasteiger partial charge in [-0.2, -0.15) is 0 Å². The Morgan fingerprint density at radius 2 is 1.70 bits per heavy atom. The molecule has 2 amide bonds. The Bertz CT molecular complexity index is 1210. The molecule has 3 heterocycles. The Morgan fingerprint density at radius 3 is 2.33 bits per heavy atom. The van der Waals surface area contributed by atoms with Gasteiger partial charge in [0.05, 0.1) is 11.4 Å². The Morgan fingerprint density at radius 1 is 1.00 bits per heavy atom. The minimum absolute atomic E-state index is 0.0163. The molecule has 0 aliphatic carbocycles. The molecule has 4 rings (SSSR count). The molecule has 1 saturated heterocycles. The number of carbonyl (C=O) groups excluding carboxylic acids is 1. The van der Waals surface area contributed by atoms with Crippen molar-refractivity contribution in [2.45, 2.75) is 24.5 Å². The molecule has 30 heavy (non-hydrogen) atoms. The van der Waals surface area contributed by atoms with Crippen LogP contribution in [-0.2, 0) is 10.0 Å². The van der Waals surface area contributed by atoms with Gasteiger partial charge in [-0.15, -0.1) is 0 Å². The molecule has 1 aliphatic rings. The number of urea groups is 1. The molecule has 3 aromatic rings. The van der Waals surface area contributed by atoms with E-state index in [1.807, 2.05) is 49.4 Å². The van der Waals surface area contributed by atoms with Gasteiger partial charge in [-0.3, -0.25) is 14.8 Å². The molecule has 1 aliphatic heterocycles. The maximum absolute atomic E-state index is 13.1. The third kappa shape index (κ3) is 3.93. The Balaban J connectivity index is 1.59. The van der Waals surface area contributed by atoms with Gasteiger partial charge in [-0.25, -0.2) is 23.3 Å². The number of amides is 2. The van der Waals surface area contributed by atoms with E-state index in [4.69, 9.17) is 5.14 Å². The molecule has 0 bridgehead atoms. The van der Waals surface area contributed by atoms with Crippen molar-refractivity contribution in [3.63, 3.8) is 0 Å². The van der Waals surface area contributed by atoms with Crippen LogP contribution in [0, 0.1) is 13.8 Å². The highest BCUT2D eigenvalue weighted by Gasteiger charge is 2.31. The van der Waals surface area contributed by atoms with Crippen LogP contribution >= 0.6 is 11.3 Å². The number of benzene rings is 1. The minimum Gasteiger partial charge on any atom is -0.294 e. The highest BCUT2D eigenvalue weighted by atomic mass is 32.2. The zero-order valence-corrected chi connectivity index (χ0v) is 18.2. The van der Waals surface area contributed by atoms with Gasteiger partial charge >= 0.3 is 6.03 Å². The molecule has 8 nitrogen and oxygen atoms in total. The number of pyridine rings is 1. The van der Waals surface area contributed by atoms with Crippen molar-refractivity contribution < 1.29 is 13.2 Å². The number of nitrogens with zero attached hydrogens (tertiary/aromatic N) is 4. The molecular weight excluding hydrogens is 422 g/mol. The number of primary sulfonamides is 1. The molecule has 2 N–H and O–H groups in total. The zero-order chi connectivity index (χ0) is 21.5. The molecule has 0 atom stereocenters. The first-order valence-electron chi connectivity index (χ1n) is 9.37. The normalized spacial score (nSPS) is 15.0. The first-order valence-corrected chi connectivity index (χ1v) is 11.7. The van der Waals surface area contributed by atoms with Gasteiger partial charge in [0, 0.05) is 30.0 Å². The summed E-state index contributed by atoms with van der Waals surface area (Å²) in [5, 5.41) is 5.59. The lowest BCUT2D eigenvalue weighted by Gasteiger charge is -2.34. The second kappa shape index (κ2) is 7.78. The molecule has 0 radical (unpaired) electrons. The molecule has 0 spiro atoms. The molecule has 0 saturated carbocycles. The lowest BCUT2D eigenvalue weighted by Crippen LogP contribution is -2.49. The molecular formula is C20H21N5O3S2. The van der Waals surface area contributed by atoms with Crippen LogP contribution in [0.15, 0.2) is 46.7 Å². The van der Waals surface area contributed by atoms with Crippen LogP contribution < -0.4 is 14.9 Å². The van der Waals surface area contributed by atoms with E-state index >= 15 is 0 Å². The van der Waals surface area contributed by atoms with Crippen LogP contribution in [0.2, 0.25) is 0 Å². The molecule has 1 fully saturated rings. The van der Waals surface area contributed by atoms with Crippen molar-refractivity contribution in [2.24, 2.45) is 5.14 Å². The van der Waals surface area contributed by atoms with Crippen LogP contribution in [0.3, 0.4) is 0 Å². The van der Waals surface area contributed by atoms with E-state index < -0.39 is 10.0 Å². The van der Waals surface area contributed by atoms with Crippen molar-refractivity contribution in [2.75, 3.05) is 22.9 Å². The van der Waals surface area contributed by atoms with E-state index in [9.17, 15) is 13.2 Å². The third-order valence-corrected chi connectivity index (χ3v) is 7.55. The molecule has 2 aromatic heterocycles. The average Bonchev–Trinajstić information content (AvgIpc) is 3.10. The first-order chi connectivity index (χ1) is 14.2. The second-order valence-corrected chi connectivity index (χ2v) is 9.80. The topological polar surface area (TPSA) is 109 Å².